The molecule has 0 saturated heterocycles. The highest BCUT2D eigenvalue weighted by atomic mass is 32.2. The van der Waals surface area contributed by atoms with Gasteiger partial charge in [0, 0.05) is 73.4 Å². The summed E-state index contributed by atoms with van der Waals surface area (Å²) in [5.41, 5.74) is 1.18. The fraction of sp³-hybridized carbons (Fsp3) is 0.522. The van der Waals surface area contributed by atoms with Crippen LogP contribution in [0.4, 0.5) is 11.4 Å². The monoisotopic (exact) mass is 1060 g/mol. The Morgan fingerprint density at radius 1 is 0.686 bits per heavy atom. The van der Waals surface area contributed by atoms with E-state index in [1.165, 1.54) is 24.3 Å². The van der Waals surface area contributed by atoms with Crippen molar-refractivity contribution in [3.05, 3.63) is 95.8 Å². The number of carbonyl (C=O) groups is 1. The lowest BCUT2D eigenvalue weighted by molar-refractivity contribution is -0.437. The van der Waals surface area contributed by atoms with Gasteiger partial charge in [-0.1, -0.05) is 36.8 Å². The van der Waals surface area contributed by atoms with E-state index in [2.05, 4.69) is 0 Å². The van der Waals surface area contributed by atoms with Gasteiger partial charge in [-0.05, 0) is 87.9 Å². The van der Waals surface area contributed by atoms with Crippen LogP contribution in [0.5, 0.6) is 0 Å². The molecule has 0 fully saturated rings. The molecule has 2 aromatic carbocycles. The van der Waals surface area contributed by atoms with E-state index < -0.39 is 78.6 Å². The van der Waals surface area contributed by atoms with Gasteiger partial charge in [-0.25, -0.2) is 25.3 Å². The van der Waals surface area contributed by atoms with E-state index in [0.717, 1.165) is 11.8 Å². The van der Waals surface area contributed by atoms with Crippen LogP contribution in [0.3, 0.4) is 0 Å². The first-order chi connectivity index (χ1) is 32.8. The summed E-state index contributed by atoms with van der Waals surface area (Å²) >= 11 is 0. The zero-order valence-corrected chi connectivity index (χ0v) is 42.7. The zero-order valence-electron chi connectivity index (χ0n) is 39.4. The maximum absolute atomic E-state index is 12.3. The maximum atomic E-state index is 12.3. The van der Waals surface area contributed by atoms with Crippen molar-refractivity contribution in [1.82, 2.24) is 0 Å². The minimum Gasteiger partial charge on any atom is -0.748 e. The van der Waals surface area contributed by atoms with E-state index in [9.17, 15) is 61.8 Å². The first-order valence-electron chi connectivity index (χ1n) is 22.5. The van der Waals surface area contributed by atoms with Gasteiger partial charge < -0.3 is 42.6 Å². The van der Waals surface area contributed by atoms with E-state index in [-0.39, 0.29) is 45.4 Å². The van der Waals surface area contributed by atoms with Gasteiger partial charge in [0.05, 0.1) is 70.7 Å². The second-order valence-electron chi connectivity index (χ2n) is 17.1. The number of hydrogen-bond acceptors (Lipinski definition) is 17. The molecular formula is C46H62N2O18S4-2. The zero-order chi connectivity index (χ0) is 51.8. The Kier molecular flexibility index (Phi) is 21.7. The Morgan fingerprint density at radius 2 is 1.27 bits per heavy atom. The quantitative estimate of drug-likeness (QED) is 0.0440. The molecule has 2 aliphatic rings. The van der Waals surface area contributed by atoms with E-state index in [1.807, 2.05) is 17.9 Å². The average molecular weight is 1060 g/mol. The molecule has 2 atom stereocenters. The van der Waals surface area contributed by atoms with Crippen LogP contribution in [-0.4, -0.2) is 151 Å². The fourth-order valence-corrected chi connectivity index (χ4v) is 10.5. The number of anilines is 1. The Bertz CT molecular complexity index is 2750. The van der Waals surface area contributed by atoms with Crippen molar-refractivity contribution in [1.29, 1.82) is 0 Å². The molecule has 70 heavy (non-hydrogen) atoms. The molecule has 0 radical (unpaired) electrons. The van der Waals surface area contributed by atoms with Crippen molar-refractivity contribution in [2.75, 3.05) is 82.9 Å². The number of nitrogens with zero attached hydrogens (tertiary/aromatic N) is 2. The first kappa shape index (κ1) is 58.4. The number of hydrogen-bond donors (Lipinski definition) is 2. The smallest absolute Gasteiger partial charge is 0.303 e. The van der Waals surface area contributed by atoms with Gasteiger partial charge in [-0.2, -0.15) is 13.0 Å². The van der Waals surface area contributed by atoms with Crippen LogP contribution in [0.15, 0.2) is 94.4 Å². The van der Waals surface area contributed by atoms with Crippen LogP contribution in [0.1, 0.15) is 76.3 Å². The number of allylic oxidation sites excluding steroid dienone is 8. The van der Waals surface area contributed by atoms with Crippen molar-refractivity contribution >= 4 is 63.5 Å². The molecule has 20 nitrogen and oxygen atoms in total. The first-order valence-corrected chi connectivity index (χ1v) is 28.5. The summed E-state index contributed by atoms with van der Waals surface area (Å²) in [5, 5.41) is 9.18. The predicted molar refractivity (Wildman–Crippen MR) is 256 cm³/mol. The summed E-state index contributed by atoms with van der Waals surface area (Å²) in [6.07, 6.45) is 13.8. The minimum absolute atomic E-state index is 0.00305. The molecule has 0 aromatic heterocycles. The number of benzene rings is 2. The molecule has 2 unspecified atom stereocenters. The summed E-state index contributed by atoms with van der Waals surface area (Å²) in [6, 6.07) is 7.92. The highest BCUT2D eigenvalue weighted by molar-refractivity contribution is 7.86. The van der Waals surface area contributed by atoms with Crippen LogP contribution in [-0.2, 0) is 75.0 Å². The SMILES string of the molecule is COCCOCCOCCOCCC1(C)C(=CC=CC=CC=CC2=[N+](CCCS(=O)(=O)O)c3ccc(S(=O)(=O)[O-])cc3C2(C)CCCS(=O)(=O)[O-])N(CCCCCC(=O)O)c2ccc(S(=O)(=O)[O-])cc21. The second-order valence-corrected chi connectivity index (χ2v) is 22.9. The number of aliphatic carboxylic acids is 1. The number of fused-ring (bicyclic) bond motifs is 2. The third-order valence-corrected chi connectivity index (χ3v) is 15.3. The lowest BCUT2D eigenvalue weighted by atomic mass is 9.76. The normalized spacial score (nSPS) is 19.4. The number of carboxylic acid groups (broad SMARTS) is 1. The van der Waals surface area contributed by atoms with E-state index >= 15 is 0 Å². The van der Waals surface area contributed by atoms with E-state index in [0.29, 0.717) is 93.5 Å². The van der Waals surface area contributed by atoms with Crippen LogP contribution in [0, 0.1) is 0 Å². The predicted octanol–water partition coefficient (Wildman–Crippen LogP) is 4.52. The maximum Gasteiger partial charge on any atom is 0.303 e. The third-order valence-electron chi connectivity index (χ3n) is 12.0. The molecule has 0 saturated carbocycles. The van der Waals surface area contributed by atoms with Gasteiger partial charge in [0.15, 0.2) is 5.71 Å². The molecular weight excluding hydrogens is 997 g/mol. The van der Waals surface area contributed by atoms with Crippen molar-refractivity contribution in [2.24, 2.45) is 0 Å². The van der Waals surface area contributed by atoms with Crippen molar-refractivity contribution in [3.8, 4) is 0 Å². The van der Waals surface area contributed by atoms with Crippen LogP contribution >= 0.6 is 0 Å². The molecule has 0 bridgehead atoms. The number of unbranched alkanes of at least 4 members (excludes halogenated alkanes) is 2. The Labute approximate surface area is 411 Å². The average Bonchev–Trinajstić information content (AvgIpc) is 3.63. The Morgan fingerprint density at radius 3 is 1.87 bits per heavy atom. The largest absolute Gasteiger partial charge is 0.748 e. The summed E-state index contributed by atoms with van der Waals surface area (Å²) in [6.45, 7) is 6.50. The number of rotatable bonds is 32. The molecule has 0 spiro atoms. The fourth-order valence-electron chi connectivity index (χ4n) is 8.56. The van der Waals surface area contributed by atoms with Crippen LogP contribution in [0.2, 0.25) is 0 Å². The molecule has 4 rings (SSSR count). The molecule has 2 heterocycles. The molecule has 24 heteroatoms. The lowest BCUT2D eigenvalue weighted by Gasteiger charge is -2.30. The van der Waals surface area contributed by atoms with Gasteiger partial charge >= 0.3 is 5.97 Å². The topological polar surface area (TPSA) is 306 Å². The van der Waals surface area contributed by atoms with E-state index in [4.69, 9.17) is 18.9 Å². The molecule has 2 aliphatic heterocycles. The van der Waals surface area contributed by atoms with Crippen molar-refractivity contribution < 1.29 is 85.3 Å². The number of ether oxygens (including phenoxy) is 4. The summed E-state index contributed by atoms with van der Waals surface area (Å²) in [5.74, 6) is -2.24. The van der Waals surface area contributed by atoms with E-state index in [1.54, 1.807) is 61.1 Å². The third kappa shape index (κ3) is 17.3. The molecule has 0 aliphatic carbocycles. The lowest BCUT2D eigenvalue weighted by Crippen LogP contribution is -2.32. The van der Waals surface area contributed by atoms with Crippen molar-refractivity contribution in [3.63, 3.8) is 0 Å². The Hall–Kier alpha value is -4.18. The van der Waals surface area contributed by atoms with Gasteiger partial charge in [0.2, 0.25) is 5.69 Å². The molecule has 390 valence electrons. The van der Waals surface area contributed by atoms with Gasteiger partial charge in [0.25, 0.3) is 10.1 Å². The molecule has 2 aromatic rings. The summed E-state index contributed by atoms with van der Waals surface area (Å²) < 4.78 is 164. The highest BCUT2D eigenvalue weighted by Gasteiger charge is 2.48. The van der Waals surface area contributed by atoms with Crippen LogP contribution in [0.25, 0.3) is 0 Å². The van der Waals surface area contributed by atoms with Crippen molar-refractivity contribution in [2.45, 2.75) is 85.8 Å². The molecule has 0 amide bonds. The summed E-state index contributed by atoms with van der Waals surface area (Å²) in [4.78, 5) is 12.3. The minimum atomic E-state index is -4.94. The van der Waals surface area contributed by atoms with Gasteiger partial charge in [-0.15, -0.1) is 0 Å². The summed E-state index contributed by atoms with van der Waals surface area (Å²) in [7, 11) is -17.2. The van der Waals surface area contributed by atoms with Gasteiger partial charge in [-0.3, -0.25) is 9.35 Å². The highest BCUT2D eigenvalue weighted by Crippen LogP contribution is 2.51. The van der Waals surface area contributed by atoms with Crippen LogP contribution < -0.4 is 4.90 Å². The molecule has 2 N–H and O–H groups in total. The standard InChI is InChI=1S/C46H64N2O18S4/c1-45(21-12-32-67(51,52)53)38-34-36(69(57,58)59)17-19-40(38)48(24-13-33-68(54,55)56)42(45)14-8-5-4-6-9-15-43-46(2,22-25-64-28-29-66-31-30-65-27-26-63-3)39-35-37(70(60,61)62)18-20-41(39)47(43)23-11-7-10-16-44(49)50/h4-6,8-9,14-15,17-20,34-35H,7,10-13,16,21-33H2,1-3H3,(H4-,49,50,51,52,53,54,55,56,57,58,59,60,61,62)/p-2. The Balaban J connectivity index is 1.68. The van der Waals surface area contributed by atoms with Gasteiger partial charge in [0.1, 0.15) is 26.8 Å². The second kappa shape index (κ2) is 26.0. The number of methoxy groups -OCH3 is 1. The number of carboxylic acids is 1.